The van der Waals surface area contributed by atoms with Crippen LogP contribution in [-0.4, -0.2) is 78.4 Å². The molecule has 1 aliphatic heterocycles. The van der Waals surface area contributed by atoms with E-state index in [1.807, 2.05) is 30.3 Å². The largest absolute Gasteiger partial charge is 0.474 e. The third kappa shape index (κ3) is 6.24. The maximum atomic E-state index is 14.0. The van der Waals surface area contributed by atoms with E-state index in [0.717, 1.165) is 6.07 Å². The van der Waals surface area contributed by atoms with Crippen molar-refractivity contribution in [2.24, 2.45) is 0 Å². The van der Waals surface area contributed by atoms with Crippen molar-refractivity contribution in [2.45, 2.75) is 18.9 Å². The number of methoxy groups -OCH3 is 1. The second-order valence-corrected chi connectivity index (χ2v) is 8.84. The molecule has 9 nitrogen and oxygen atoms in total. The number of ether oxygens (including phenoxy) is 2. The van der Waals surface area contributed by atoms with Gasteiger partial charge in [-0.05, 0) is 36.8 Å². The van der Waals surface area contributed by atoms with Gasteiger partial charge < -0.3 is 19.9 Å². The van der Waals surface area contributed by atoms with E-state index in [0.29, 0.717) is 54.8 Å². The summed E-state index contributed by atoms with van der Waals surface area (Å²) in [6.45, 7) is 3.88. The quantitative estimate of drug-likeness (QED) is 0.384. The van der Waals surface area contributed by atoms with E-state index in [-0.39, 0.29) is 25.2 Å². The van der Waals surface area contributed by atoms with E-state index in [4.69, 9.17) is 14.6 Å². The first-order valence-corrected chi connectivity index (χ1v) is 12.0. The fourth-order valence-corrected chi connectivity index (χ4v) is 4.49. The van der Waals surface area contributed by atoms with Crippen LogP contribution in [0.5, 0.6) is 5.88 Å². The summed E-state index contributed by atoms with van der Waals surface area (Å²) in [4.78, 5) is 15.3. The summed E-state index contributed by atoms with van der Waals surface area (Å²) >= 11 is 0. The van der Waals surface area contributed by atoms with E-state index in [2.05, 4.69) is 20.6 Å². The van der Waals surface area contributed by atoms with Gasteiger partial charge in [-0.25, -0.2) is 18.3 Å². The minimum absolute atomic E-state index is 0.0631. The Morgan fingerprint density at radius 2 is 1.92 bits per heavy atom. The van der Waals surface area contributed by atoms with Crippen LogP contribution in [0.25, 0.3) is 5.69 Å². The van der Waals surface area contributed by atoms with Crippen molar-refractivity contribution in [3.63, 3.8) is 0 Å². The summed E-state index contributed by atoms with van der Waals surface area (Å²) < 4.78 is 39.9. The maximum absolute atomic E-state index is 14.0. The monoisotopic (exact) mass is 515 g/mol. The lowest BCUT2D eigenvalue weighted by molar-refractivity contribution is 0.159. The van der Waals surface area contributed by atoms with Crippen molar-refractivity contribution < 1.29 is 28.2 Å². The van der Waals surface area contributed by atoms with Crippen LogP contribution in [0.1, 0.15) is 17.0 Å². The first kappa shape index (κ1) is 26.5. The summed E-state index contributed by atoms with van der Waals surface area (Å²) in [5.74, 6) is -1.38. The Morgan fingerprint density at radius 3 is 2.62 bits per heavy atom. The molecule has 0 spiro atoms. The van der Waals surface area contributed by atoms with Gasteiger partial charge in [-0.15, -0.1) is 5.10 Å². The van der Waals surface area contributed by atoms with Gasteiger partial charge in [-0.2, -0.15) is 0 Å². The summed E-state index contributed by atoms with van der Waals surface area (Å²) in [5, 5.41) is 19.5. The Morgan fingerprint density at radius 1 is 1.14 bits per heavy atom. The van der Waals surface area contributed by atoms with Crippen LogP contribution in [0.15, 0.2) is 48.5 Å². The Labute approximate surface area is 214 Å². The molecule has 1 fully saturated rings. The highest BCUT2D eigenvalue weighted by Crippen LogP contribution is 2.30. The number of carbonyl (C=O) groups is 1. The van der Waals surface area contributed by atoms with Crippen LogP contribution in [0.3, 0.4) is 0 Å². The van der Waals surface area contributed by atoms with Crippen LogP contribution in [0, 0.1) is 18.6 Å². The molecular formula is C26H31F2N5O4. The number of benzene rings is 2. The molecular weight excluding hydrogens is 484 g/mol. The van der Waals surface area contributed by atoms with Gasteiger partial charge in [0, 0.05) is 32.7 Å². The number of amides is 2. The smallest absolute Gasteiger partial charge is 0.320 e. The Kier molecular flexibility index (Phi) is 8.70. The minimum Gasteiger partial charge on any atom is -0.474 e. The molecule has 1 saturated heterocycles. The molecule has 198 valence electrons. The number of aliphatic hydroxyl groups excluding tert-OH is 1. The first-order chi connectivity index (χ1) is 17.9. The Bertz CT molecular complexity index is 1210. The fourth-order valence-electron chi connectivity index (χ4n) is 4.49. The van der Waals surface area contributed by atoms with E-state index < -0.39 is 17.7 Å². The summed E-state index contributed by atoms with van der Waals surface area (Å²) in [5.41, 5.74) is 1.91. The first-order valence-electron chi connectivity index (χ1n) is 12.0. The standard InChI is InChI=1S/C26H31F2N5O4/c1-17-24(33(19-6-4-3-5-7-19)31-25(17)37-13-11-34)30-26(35)29-23-16-32(10-12-36-2)15-20(23)18-8-9-21(27)22(28)14-18/h3-9,14,20,23,34H,10-13,15-16H2,1-2H3,(H2,29,30,35)/t20-,23+/m0/s1. The molecule has 2 heterocycles. The highest BCUT2D eigenvalue weighted by atomic mass is 19.2. The lowest BCUT2D eigenvalue weighted by Gasteiger charge is -2.21. The zero-order valence-electron chi connectivity index (χ0n) is 20.8. The average molecular weight is 516 g/mol. The summed E-state index contributed by atoms with van der Waals surface area (Å²) in [6.07, 6.45) is 0. The molecule has 0 saturated carbocycles. The number of nitrogens with zero attached hydrogens (tertiary/aromatic N) is 3. The third-order valence-electron chi connectivity index (χ3n) is 6.34. The van der Waals surface area contributed by atoms with Crippen molar-refractivity contribution in [3.05, 3.63) is 71.3 Å². The molecule has 0 bridgehead atoms. The second-order valence-electron chi connectivity index (χ2n) is 8.84. The normalized spacial score (nSPS) is 17.6. The van der Waals surface area contributed by atoms with Crippen LogP contribution in [0.2, 0.25) is 0 Å². The number of anilines is 1. The van der Waals surface area contributed by atoms with Crippen molar-refractivity contribution in [1.82, 2.24) is 20.0 Å². The molecule has 0 aliphatic carbocycles. The molecule has 0 radical (unpaired) electrons. The van der Waals surface area contributed by atoms with Gasteiger partial charge in [0.25, 0.3) is 0 Å². The zero-order chi connectivity index (χ0) is 26.4. The number of hydrogen-bond acceptors (Lipinski definition) is 6. The van der Waals surface area contributed by atoms with Gasteiger partial charge in [0.15, 0.2) is 11.6 Å². The zero-order valence-corrected chi connectivity index (χ0v) is 20.8. The Hall–Kier alpha value is -3.54. The molecule has 1 aliphatic rings. The lowest BCUT2D eigenvalue weighted by Crippen LogP contribution is -2.42. The lowest BCUT2D eigenvalue weighted by atomic mass is 9.94. The molecule has 1 aromatic heterocycles. The van der Waals surface area contributed by atoms with Crippen molar-refractivity contribution in [2.75, 3.05) is 51.9 Å². The van der Waals surface area contributed by atoms with E-state index in [1.54, 1.807) is 24.8 Å². The number of urea groups is 1. The molecule has 4 rings (SSSR count). The number of aliphatic hydroxyl groups is 1. The van der Waals surface area contributed by atoms with Crippen molar-refractivity contribution in [1.29, 1.82) is 0 Å². The number of aromatic nitrogens is 2. The topological polar surface area (TPSA) is 101 Å². The number of halogens is 2. The van der Waals surface area contributed by atoms with Gasteiger partial charge >= 0.3 is 6.03 Å². The van der Waals surface area contributed by atoms with Crippen LogP contribution < -0.4 is 15.4 Å². The van der Waals surface area contributed by atoms with Crippen LogP contribution in [-0.2, 0) is 4.74 Å². The van der Waals surface area contributed by atoms with Crippen LogP contribution >= 0.6 is 0 Å². The molecule has 37 heavy (non-hydrogen) atoms. The molecule has 3 N–H and O–H groups in total. The predicted octanol–water partition coefficient (Wildman–Crippen LogP) is 3.07. The fraction of sp³-hybridized carbons (Fsp3) is 0.385. The van der Waals surface area contributed by atoms with E-state index in [9.17, 15) is 13.6 Å². The van der Waals surface area contributed by atoms with Gasteiger partial charge in [0.05, 0.1) is 30.5 Å². The molecule has 2 atom stereocenters. The highest BCUT2D eigenvalue weighted by Gasteiger charge is 2.35. The number of hydrogen-bond donors (Lipinski definition) is 3. The van der Waals surface area contributed by atoms with Crippen molar-refractivity contribution in [3.8, 4) is 11.6 Å². The number of carbonyl (C=O) groups excluding carboxylic acids is 1. The Balaban J connectivity index is 1.56. The van der Waals surface area contributed by atoms with Gasteiger partial charge in [-0.1, -0.05) is 24.3 Å². The highest BCUT2D eigenvalue weighted by molar-refractivity contribution is 5.90. The molecule has 2 amide bonds. The SMILES string of the molecule is COCCN1C[C@@H](NC(=O)Nc2c(C)c(OCCO)nn2-c2ccccc2)[C@H](c2ccc(F)c(F)c2)C1. The average Bonchev–Trinajstić information content (AvgIpc) is 3.44. The molecule has 11 heteroatoms. The third-order valence-corrected chi connectivity index (χ3v) is 6.34. The number of nitrogens with one attached hydrogen (secondary N) is 2. The van der Waals surface area contributed by atoms with Gasteiger partial charge in [-0.3, -0.25) is 10.2 Å². The van der Waals surface area contributed by atoms with E-state index >= 15 is 0 Å². The predicted molar refractivity (Wildman–Crippen MR) is 134 cm³/mol. The minimum atomic E-state index is -0.922. The number of para-hydroxylation sites is 1. The van der Waals surface area contributed by atoms with Gasteiger partial charge in [0.1, 0.15) is 12.4 Å². The maximum Gasteiger partial charge on any atom is 0.320 e. The molecule has 0 unspecified atom stereocenters. The molecule has 3 aromatic rings. The number of rotatable bonds is 10. The molecule has 2 aromatic carbocycles. The van der Waals surface area contributed by atoms with E-state index in [1.165, 1.54) is 6.07 Å². The second kappa shape index (κ2) is 12.1. The summed E-state index contributed by atoms with van der Waals surface area (Å²) in [7, 11) is 1.61. The summed E-state index contributed by atoms with van der Waals surface area (Å²) in [6, 6.07) is 12.3. The van der Waals surface area contributed by atoms with Crippen molar-refractivity contribution >= 4 is 11.8 Å². The van der Waals surface area contributed by atoms with Gasteiger partial charge in [0.2, 0.25) is 5.88 Å². The number of likely N-dealkylation sites (tertiary alicyclic amines) is 1. The van der Waals surface area contributed by atoms with Crippen LogP contribution in [0.4, 0.5) is 19.4 Å².